The highest BCUT2D eigenvalue weighted by Crippen LogP contribution is 2.38. The molecule has 1 saturated carbocycles. The van der Waals surface area contributed by atoms with Crippen LogP contribution in [0.1, 0.15) is 48.6 Å². The lowest BCUT2D eigenvalue weighted by molar-refractivity contribution is 0.0951. The van der Waals surface area contributed by atoms with Gasteiger partial charge in [0, 0.05) is 7.11 Å². The smallest absolute Gasteiger partial charge is 0.315 e. The lowest BCUT2D eigenvalue weighted by Crippen LogP contribution is -2.35. The minimum atomic E-state index is -0.688. The van der Waals surface area contributed by atoms with Crippen LogP contribution in [-0.2, 0) is 10.2 Å². The van der Waals surface area contributed by atoms with Crippen LogP contribution >= 0.6 is 0 Å². The molecule has 0 unspecified atom stereocenters. The number of carbonyl (C=O) groups excluding carboxylic acids is 1. The molecule has 17 heavy (non-hydrogen) atoms. The molecule has 6 nitrogen and oxygen atoms in total. The third-order valence-electron chi connectivity index (χ3n) is 3.34. The van der Waals surface area contributed by atoms with Gasteiger partial charge in [-0.15, -0.1) is 0 Å². The lowest BCUT2D eigenvalue weighted by atomic mass is 9.74. The van der Waals surface area contributed by atoms with Crippen LogP contribution in [0.4, 0.5) is 0 Å². The number of rotatable bonds is 4. The van der Waals surface area contributed by atoms with Crippen LogP contribution in [0.2, 0.25) is 0 Å². The summed E-state index contributed by atoms with van der Waals surface area (Å²) in [5.41, 5.74) is 4.89. The number of aromatic nitrogens is 2. The van der Waals surface area contributed by atoms with Crippen molar-refractivity contribution in [2.75, 3.05) is 13.7 Å². The Morgan fingerprint density at radius 2 is 2.18 bits per heavy atom. The van der Waals surface area contributed by atoms with Crippen molar-refractivity contribution in [3.05, 3.63) is 11.7 Å². The molecule has 0 aliphatic heterocycles. The van der Waals surface area contributed by atoms with E-state index in [-0.39, 0.29) is 11.3 Å². The van der Waals surface area contributed by atoms with Gasteiger partial charge in [-0.3, -0.25) is 4.79 Å². The highest BCUT2D eigenvalue weighted by molar-refractivity contribution is 5.87. The summed E-state index contributed by atoms with van der Waals surface area (Å²) in [6, 6.07) is 0. The van der Waals surface area contributed by atoms with Crippen LogP contribution < -0.4 is 5.73 Å². The second-order valence-electron chi connectivity index (χ2n) is 4.56. The molecule has 94 valence electrons. The van der Waals surface area contributed by atoms with Crippen LogP contribution in [0.25, 0.3) is 0 Å². The van der Waals surface area contributed by atoms with E-state index in [9.17, 15) is 4.79 Å². The average molecular weight is 239 g/mol. The molecule has 1 fully saturated rings. The zero-order valence-electron chi connectivity index (χ0n) is 9.94. The first kappa shape index (κ1) is 12.0. The van der Waals surface area contributed by atoms with Crippen molar-refractivity contribution in [3.63, 3.8) is 0 Å². The van der Waals surface area contributed by atoms with Gasteiger partial charge in [-0.1, -0.05) is 24.4 Å². The highest BCUT2D eigenvalue weighted by Gasteiger charge is 2.38. The van der Waals surface area contributed by atoms with Crippen LogP contribution in [0.5, 0.6) is 0 Å². The zero-order chi connectivity index (χ0) is 12.3. The van der Waals surface area contributed by atoms with Crippen molar-refractivity contribution in [1.29, 1.82) is 0 Å². The molecule has 0 atom stereocenters. The summed E-state index contributed by atoms with van der Waals surface area (Å²) in [6.07, 6.45) is 5.36. The van der Waals surface area contributed by atoms with Gasteiger partial charge in [-0.05, 0) is 12.8 Å². The van der Waals surface area contributed by atoms with Gasteiger partial charge in [0.1, 0.15) is 0 Å². The molecule has 0 saturated heterocycles. The van der Waals surface area contributed by atoms with Gasteiger partial charge in [0.25, 0.3) is 0 Å². The number of primary amides is 1. The second kappa shape index (κ2) is 4.83. The lowest BCUT2D eigenvalue weighted by Gasteiger charge is -2.33. The van der Waals surface area contributed by atoms with Crippen molar-refractivity contribution in [1.82, 2.24) is 10.1 Å². The number of hydrogen-bond acceptors (Lipinski definition) is 5. The molecule has 1 aliphatic rings. The van der Waals surface area contributed by atoms with Gasteiger partial charge in [0.05, 0.1) is 12.0 Å². The molecule has 1 amide bonds. The quantitative estimate of drug-likeness (QED) is 0.846. The van der Waals surface area contributed by atoms with Gasteiger partial charge in [0.2, 0.25) is 0 Å². The molecule has 1 aromatic heterocycles. The first-order valence-corrected chi connectivity index (χ1v) is 5.81. The summed E-state index contributed by atoms with van der Waals surface area (Å²) in [5, 5.41) is 3.88. The number of carbonyl (C=O) groups is 1. The number of ether oxygens (including phenoxy) is 1. The minimum absolute atomic E-state index is 0.124. The monoisotopic (exact) mass is 239 g/mol. The molecule has 0 spiro atoms. The third kappa shape index (κ3) is 2.31. The number of nitrogens with zero attached hydrogens (tertiary/aromatic N) is 2. The second-order valence-corrected chi connectivity index (χ2v) is 4.56. The maximum Gasteiger partial charge on any atom is 0.315 e. The summed E-state index contributed by atoms with van der Waals surface area (Å²) in [5.74, 6) is -0.263. The number of methoxy groups -OCH3 is 1. The van der Waals surface area contributed by atoms with Crippen molar-refractivity contribution in [2.45, 2.75) is 37.5 Å². The Hall–Kier alpha value is -1.43. The van der Waals surface area contributed by atoms with E-state index in [0.29, 0.717) is 12.4 Å². The number of hydrogen-bond donors (Lipinski definition) is 1. The molecule has 0 bridgehead atoms. The standard InChI is InChI=1S/C11H17N3O3/c1-16-7-11(5-3-2-4-6-11)10-13-9(8(12)15)17-14-10/h2-7H2,1H3,(H2,12,15). The molecule has 2 N–H and O–H groups in total. The predicted molar refractivity (Wildman–Crippen MR) is 59.5 cm³/mol. The normalized spacial score (nSPS) is 19.1. The first-order valence-electron chi connectivity index (χ1n) is 5.81. The summed E-state index contributed by atoms with van der Waals surface area (Å²) in [6.45, 7) is 0.546. The number of nitrogens with two attached hydrogens (primary N) is 1. The fraction of sp³-hybridized carbons (Fsp3) is 0.727. The first-order chi connectivity index (χ1) is 8.18. The van der Waals surface area contributed by atoms with E-state index in [0.717, 1.165) is 25.7 Å². The van der Waals surface area contributed by atoms with Crippen LogP contribution in [0, 0.1) is 0 Å². The maximum atomic E-state index is 11.0. The predicted octanol–water partition coefficient (Wildman–Crippen LogP) is 1.02. The van der Waals surface area contributed by atoms with Crippen molar-refractivity contribution in [2.24, 2.45) is 5.73 Å². The molecule has 6 heteroatoms. The fourth-order valence-corrected chi connectivity index (χ4v) is 2.48. The Balaban J connectivity index is 2.27. The molecule has 1 aliphatic carbocycles. The van der Waals surface area contributed by atoms with Crippen molar-refractivity contribution in [3.8, 4) is 0 Å². The molecular formula is C11H17N3O3. The van der Waals surface area contributed by atoms with Crippen molar-refractivity contribution < 1.29 is 14.1 Å². The van der Waals surface area contributed by atoms with E-state index >= 15 is 0 Å². The highest BCUT2D eigenvalue weighted by atomic mass is 16.5. The van der Waals surface area contributed by atoms with Crippen LogP contribution in [0.3, 0.4) is 0 Å². The molecule has 2 rings (SSSR count). The Morgan fingerprint density at radius 3 is 2.71 bits per heavy atom. The molecule has 1 aromatic rings. The van der Waals surface area contributed by atoms with Gasteiger partial charge < -0.3 is 15.0 Å². The third-order valence-corrected chi connectivity index (χ3v) is 3.34. The summed E-state index contributed by atoms with van der Waals surface area (Å²) in [4.78, 5) is 15.0. The van der Waals surface area contributed by atoms with Gasteiger partial charge in [0.15, 0.2) is 5.82 Å². The van der Waals surface area contributed by atoms with E-state index in [1.165, 1.54) is 6.42 Å². The number of amides is 1. The maximum absolute atomic E-state index is 11.0. The van der Waals surface area contributed by atoms with E-state index < -0.39 is 5.91 Å². The topological polar surface area (TPSA) is 91.2 Å². The van der Waals surface area contributed by atoms with E-state index in [4.69, 9.17) is 15.0 Å². The van der Waals surface area contributed by atoms with Crippen molar-refractivity contribution >= 4 is 5.91 Å². The Morgan fingerprint density at radius 1 is 1.47 bits per heavy atom. The molecule has 0 radical (unpaired) electrons. The zero-order valence-corrected chi connectivity index (χ0v) is 9.94. The Bertz CT molecular complexity index is 391. The van der Waals surface area contributed by atoms with Gasteiger partial charge in [-0.25, -0.2) is 0 Å². The van der Waals surface area contributed by atoms with Gasteiger partial charge in [-0.2, -0.15) is 4.98 Å². The molecule has 1 heterocycles. The largest absolute Gasteiger partial charge is 0.384 e. The van der Waals surface area contributed by atoms with Crippen LogP contribution in [-0.4, -0.2) is 29.8 Å². The van der Waals surface area contributed by atoms with E-state index in [1.54, 1.807) is 7.11 Å². The van der Waals surface area contributed by atoms with E-state index in [1.807, 2.05) is 0 Å². The molecular weight excluding hydrogens is 222 g/mol. The minimum Gasteiger partial charge on any atom is -0.384 e. The summed E-state index contributed by atoms with van der Waals surface area (Å²) in [7, 11) is 1.66. The fourth-order valence-electron chi connectivity index (χ4n) is 2.48. The Labute approximate surface area is 99.5 Å². The van der Waals surface area contributed by atoms with Crippen LogP contribution in [0.15, 0.2) is 4.52 Å². The Kier molecular flexibility index (Phi) is 3.42. The molecule has 0 aromatic carbocycles. The van der Waals surface area contributed by atoms with Gasteiger partial charge >= 0.3 is 11.8 Å². The summed E-state index contributed by atoms with van der Waals surface area (Å²) < 4.78 is 10.1. The summed E-state index contributed by atoms with van der Waals surface area (Å²) >= 11 is 0. The SMILES string of the molecule is COCC1(c2noc(C(N)=O)n2)CCCCC1. The average Bonchev–Trinajstić information content (AvgIpc) is 2.80. The van der Waals surface area contributed by atoms with E-state index in [2.05, 4.69) is 10.1 Å².